The second-order valence-corrected chi connectivity index (χ2v) is 5.34. The summed E-state index contributed by atoms with van der Waals surface area (Å²) in [5.41, 5.74) is 1.78. The van der Waals surface area contributed by atoms with Gasteiger partial charge in [-0.15, -0.1) is 0 Å². The molecular weight excluding hydrogens is 430 g/mol. The molecule has 32 heavy (non-hydrogen) atoms. The molecule has 0 amide bonds. The Morgan fingerprint density at radius 3 is 1.06 bits per heavy atom. The Bertz CT molecular complexity index is 610. The smallest absolute Gasteiger partial charge is 0.295 e. The summed E-state index contributed by atoms with van der Waals surface area (Å²) in [4.78, 5) is 11.1. The van der Waals surface area contributed by atoms with Gasteiger partial charge >= 0.3 is 12.4 Å². The van der Waals surface area contributed by atoms with E-state index >= 15 is 0 Å². The summed E-state index contributed by atoms with van der Waals surface area (Å²) in [6.45, 7) is 11.8. The summed E-state index contributed by atoms with van der Waals surface area (Å²) in [5, 5.41) is 0. The highest BCUT2D eigenvalue weighted by Crippen LogP contribution is 2.14. The molecule has 0 unspecified atom stereocenters. The zero-order valence-corrected chi connectivity index (χ0v) is 20.1. The van der Waals surface area contributed by atoms with Crippen LogP contribution in [0.25, 0.3) is 5.57 Å². The Kier molecular flexibility index (Phi) is 26.6. The molecule has 0 aliphatic rings. The number of rotatable bonds is 2. The summed E-state index contributed by atoms with van der Waals surface area (Å²) in [6, 6.07) is 21.7. The van der Waals surface area contributed by atoms with E-state index in [4.69, 9.17) is 0 Å². The molecule has 0 radical (unpaired) electrons. The average Bonchev–Trinajstić information content (AvgIpc) is 2.71. The van der Waals surface area contributed by atoms with Crippen LogP contribution >= 0.6 is 0 Å². The van der Waals surface area contributed by atoms with Gasteiger partial charge in [0.2, 0.25) is 0 Å². The Hall–Kier alpha value is -2.57. The van der Waals surface area contributed by atoms with Gasteiger partial charge < -0.3 is 0 Å². The summed E-state index contributed by atoms with van der Waals surface area (Å²) < 4.78 is 62.1. The van der Waals surface area contributed by atoms with Crippen LogP contribution in [0, 0.1) is 0 Å². The molecule has 0 spiro atoms. The fourth-order valence-electron chi connectivity index (χ4n) is 1.58. The van der Waals surface area contributed by atoms with E-state index in [9.17, 15) is 31.1 Å². The van der Waals surface area contributed by atoms with Crippen molar-refractivity contribution >= 4 is 11.4 Å². The van der Waals surface area contributed by atoms with Crippen molar-refractivity contribution in [2.45, 2.75) is 67.7 Å². The van der Waals surface area contributed by atoms with Crippen LogP contribution in [0.1, 0.15) is 61.0 Å². The molecule has 2 rings (SSSR count). The van der Waals surface area contributed by atoms with Gasteiger partial charge in [0.15, 0.2) is 5.78 Å². The van der Waals surface area contributed by atoms with Crippen molar-refractivity contribution in [2.24, 2.45) is 0 Å². The number of hydrogen-bond donors (Lipinski definition) is 0. The van der Waals surface area contributed by atoms with E-state index in [0.29, 0.717) is 0 Å². The molecule has 0 bridgehead atoms. The molecule has 0 heterocycles. The SMILES string of the molecule is C/C=C(/C(C)=O)c1ccccc1.CC.CC.CC(F)(F)F.CC(F)(F)F.c1ccccc1. The number of Topliss-reactive ketones (excluding diaryl/α,β-unsaturated/α-hetero) is 1. The van der Waals surface area contributed by atoms with Crippen LogP contribution in [0.4, 0.5) is 26.3 Å². The van der Waals surface area contributed by atoms with Gasteiger partial charge in [0.05, 0.1) is 0 Å². The second kappa shape index (κ2) is 23.1. The maximum absolute atomic E-state index is 11.1. The van der Waals surface area contributed by atoms with Crippen molar-refractivity contribution in [1.29, 1.82) is 0 Å². The highest BCUT2D eigenvalue weighted by Gasteiger charge is 2.16. The maximum atomic E-state index is 11.1. The summed E-state index contributed by atoms with van der Waals surface area (Å²) >= 11 is 0. The zero-order valence-electron chi connectivity index (χ0n) is 20.1. The third-order valence-electron chi connectivity index (χ3n) is 2.42. The lowest BCUT2D eigenvalue weighted by molar-refractivity contribution is -0.112. The Labute approximate surface area is 189 Å². The third kappa shape index (κ3) is 41.7. The van der Waals surface area contributed by atoms with Crippen LogP contribution in [0.15, 0.2) is 72.8 Å². The minimum absolute atomic E-state index is 0.115. The zero-order chi connectivity index (χ0) is 26.2. The van der Waals surface area contributed by atoms with Gasteiger partial charge in [0.25, 0.3) is 0 Å². The van der Waals surface area contributed by atoms with Gasteiger partial charge in [-0.3, -0.25) is 4.79 Å². The van der Waals surface area contributed by atoms with Crippen molar-refractivity contribution in [1.82, 2.24) is 0 Å². The molecule has 0 aromatic heterocycles. The van der Waals surface area contributed by atoms with E-state index < -0.39 is 12.4 Å². The summed E-state index contributed by atoms with van der Waals surface area (Å²) in [5.74, 6) is 0.115. The lowest BCUT2D eigenvalue weighted by Crippen LogP contribution is -1.95. The molecule has 0 aliphatic carbocycles. The first-order valence-electron chi connectivity index (χ1n) is 10.1. The normalized spacial score (nSPS) is 9.88. The Balaban J connectivity index is -0.000000167. The van der Waals surface area contributed by atoms with Crippen LogP contribution in [-0.4, -0.2) is 18.1 Å². The molecule has 2 aromatic rings. The number of allylic oxidation sites excluding steroid dienone is 2. The van der Waals surface area contributed by atoms with E-state index in [1.54, 1.807) is 6.92 Å². The average molecular weight is 467 g/mol. The van der Waals surface area contributed by atoms with Crippen LogP contribution in [0.5, 0.6) is 0 Å². The standard InChI is InChI=1S/C11H12O.C6H6.2C2H3F3.2C2H6/c1-3-11(9(2)12)10-7-5-4-6-8-10;1-2-4-6-5-3-1;2*1-2(3,4)5;2*1-2/h3-8H,1-2H3;1-6H;2*1H3;2*1-2H3/b11-3-;;;;;. The van der Waals surface area contributed by atoms with E-state index in [-0.39, 0.29) is 19.6 Å². The molecule has 0 N–H and O–H groups in total. The molecule has 0 fully saturated rings. The van der Waals surface area contributed by atoms with Gasteiger partial charge in [0.1, 0.15) is 0 Å². The van der Waals surface area contributed by atoms with E-state index in [1.807, 2.05) is 107 Å². The van der Waals surface area contributed by atoms with Gasteiger partial charge in [-0.25, -0.2) is 0 Å². The van der Waals surface area contributed by atoms with E-state index in [1.165, 1.54) is 0 Å². The van der Waals surface area contributed by atoms with Crippen LogP contribution in [0.2, 0.25) is 0 Å². The first-order chi connectivity index (χ1) is 14.8. The van der Waals surface area contributed by atoms with Crippen molar-refractivity contribution in [3.05, 3.63) is 78.4 Å². The number of hydrogen-bond acceptors (Lipinski definition) is 1. The minimum atomic E-state index is -4.00. The van der Waals surface area contributed by atoms with Crippen molar-refractivity contribution in [3.8, 4) is 0 Å². The Morgan fingerprint density at radius 2 is 0.875 bits per heavy atom. The number of halogens is 6. The van der Waals surface area contributed by atoms with Crippen molar-refractivity contribution in [2.75, 3.05) is 0 Å². The molecule has 0 atom stereocenters. The van der Waals surface area contributed by atoms with Gasteiger partial charge in [-0.1, -0.05) is 101 Å². The molecule has 0 aliphatic heterocycles. The first kappa shape index (κ1) is 36.8. The predicted molar refractivity (Wildman–Crippen MR) is 123 cm³/mol. The van der Waals surface area contributed by atoms with Crippen LogP contribution < -0.4 is 0 Å². The number of benzene rings is 2. The molecule has 7 heteroatoms. The third-order valence-corrected chi connectivity index (χ3v) is 2.42. The quantitative estimate of drug-likeness (QED) is 0.318. The molecular formula is C25H36F6O. The lowest BCUT2D eigenvalue weighted by Gasteiger charge is -2.01. The molecule has 0 saturated carbocycles. The van der Waals surface area contributed by atoms with Gasteiger partial charge in [-0.2, -0.15) is 26.3 Å². The van der Waals surface area contributed by atoms with Crippen LogP contribution in [-0.2, 0) is 4.79 Å². The second-order valence-electron chi connectivity index (χ2n) is 5.34. The summed E-state index contributed by atoms with van der Waals surface area (Å²) in [7, 11) is 0. The maximum Gasteiger partial charge on any atom is 0.386 e. The predicted octanol–water partition coefficient (Wildman–Crippen LogP) is 9.56. The van der Waals surface area contributed by atoms with Gasteiger partial charge in [-0.05, 0) is 19.4 Å². The number of alkyl halides is 6. The van der Waals surface area contributed by atoms with E-state index in [0.717, 1.165) is 11.1 Å². The van der Waals surface area contributed by atoms with Crippen LogP contribution in [0.3, 0.4) is 0 Å². The molecule has 0 saturated heterocycles. The number of carbonyl (C=O) groups excluding carboxylic acids is 1. The number of ketones is 1. The van der Waals surface area contributed by atoms with Gasteiger partial charge in [0, 0.05) is 19.4 Å². The van der Waals surface area contributed by atoms with Crippen molar-refractivity contribution in [3.63, 3.8) is 0 Å². The molecule has 2 aromatic carbocycles. The monoisotopic (exact) mass is 466 g/mol. The largest absolute Gasteiger partial charge is 0.386 e. The molecule has 1 nitrogen and oxygen atoms in total. The Morgan fingerprint density at radius 1 is 0.656 bits per heavy atom. The number of carbonyl (C=O) groups is 1. The van der Waals surface area contributed by atoms with Crippen molar-refractivity contribution < 1.29 is 31.1 Å². The highest BCUT2D eigenvalue weighted by atomic mass is 19.4. The fraction of sp³-hybridized carbons (Fsp3) is 0.400. The molecule has 184 valence electrons. The first-order valence-corrected chi connectivity index (χ1v) is 10.1. The minimum Gasteiger partial charge on any atom is -0.295 e. The topological polar surface area (TPSA) is 17.1 Å². The highest BCUT2D eigenvalue weighted by molar-refractivity contribution is 6.19. The lowest BCUT2D eigenvalue weighted by atomic mass is 10.0. The van der Waals surface area contributed by atoms with E-state index in [2.05, 4.69) is 0 Å². The fourth-order valence-corrected chi connectivity index (χ4v) is 1.58. The summed E-state index contributed by atoms with van der Waals surface area (Å²) in [6.07, 6.45) is -6.16.